The lowest BCUT2D eigenvalue weighted by molar-refractivity contribution is -0.114. The molecule has 0 atom stereocenters. The molecular formula is C14H14N2O. The molecule has 3 nitrogen and oxygen atoms in total. The molecule has 0 heterocycles. The molecule has 17 heavy (non-hydrogen) atoms. The lowest BCUT2D eigenvalue weighted by Crippen LogP contribution is -2.21. The van der Waals surface area contributed by atoms with Crippen molar-refractivity contribution in [1.29, 1.82) is 0 Å². The summed E-state index contributed by atoms with van der Waals surface area (Å²) in [5.41, 5.74) is 1.75. The SMILES string of the molecule is O=C(CNc1ccccc1)Nc1ccccc1. The van der Waals surface area contributed by atoms with Crippen LogP contribution in [0.3, 0.4) is 0 Å². The van der Waals surface area contributed by atoms with Crippen LogP contribution in [0.2, 0.25) is 0 Å². The Balaban J connectivity index is 1.83. The second kappa shape index (κ2) is 5.70. The van der Waals surface area contributed by atoms with E-state index < -0.39 is 0 Å². The lowest BCUT2D eigenvalue weighted by atomic mass is 10.3. The number of amides is 1. The molecule has 2 rings (SSSR count). The van der Waals surface area contributed by atoms with Gasteiger partial charge in [-0.1, -0.05) is 36.4 Å². The van der Waals surface area contributed by atoms with E-state index in [9.17, 15) is 4.79 Å². The average molecular weight is 226 g/mol. The van der Waals surface area contributed by atoms with Gasteiger partial charge in [-0.3, -0.25) is 4.79 Å². The fourth-order valence-corrected chi connectivity index (χ4v) is 1.47. The largest absolute Gasteiger partial charge is 0.376 e. The van der Waals surface area contributed by atoms with Gasteiger partial charge in [0.1, 0.15) is 0 Å². The number of carbonyl (C=O) groups excluding carboxylic acids is 1. The van der Waals surface area contributed by atoms with Gasteiger partial charge >= 0.3 is 0 Å². The standard InChI is InChI=1S/C14H14N2O/c17-14(16-13-9-5-2-6-10-13)11-15-12-7-3-1-4-8-12/h1-10,15H,11H2,(H,16,17). The highest BCUT2D eigenvalue weighted by molar-refractivity contribution is 5.93. The Morgan fingerprint density at radius 1 is 0.824 bits per heavy atom. The Morgan fingerprint density at radius 2 is 1.35 bits per heavy atom. The van der Waals surface area contributed by atoms with Crippen LogP contribution in [0.5, 0.6) is 0 Å². The maximum absolute atomic E-state index is 11.6. The highest BCUT2D eigenvalue weighted by Crippen LogP contribution is 2.06. The van der Waals surface area contributed by atoms with E-state index in [1.54, 1.807) is 0 Å². The van der Waals surface area contributed by atoms with Crippen LogP contribution in [0.25, 0.3) is 0 Å². The molecule has 2 aromatic carbocycles. The van der Waals surface area contributed by atoms with E-state index in [0.717, 1.165) is 11.4 Å². The van der Waals surface area contributed by atoms with E-state index in [0.29, 0.717) is 0 Å². The van der Waals surface area contributed by atoms with Crippen molar-refractivity contribution < 1.29 is 4.79 Å². The molecule has 0 radical (unpaired) electrons. The lowest BCUT2D eigenvalue weighted by Gasteiger charge is -2.07. The number of anilines is 2. The molecule has 0 saturated heterocycles. The summed E-state index contributed by atoms with van der Waals surface area (Å²) < 4.78 is 0. The Kier molecular flexibility index (Phi) is 3.76. The number of nitrogens with one attached hydrogen (secondary N) is 2. The fourth-order valence-electron chi connectivity index (χ4n) is 1.47. The van der Waals surface area contributed by atoms with Gasteiger partial charge in [0, 0.05) is 11.4 Å². The number of hydrogen-bond donors (Lipinski definition) is 2. The third-order valence-electron chi connectivity index (χ3n) is 2.28. The zero-order valence-corrected chi connectivity index (χ0v) is 9.39. The van der Waals surface area contributed by atoms with Crippen molar-refractivity contribution >= 4 is 17.3 Å². The summed E-state index contributed by atoms with van der Waals surface area (Å²) in [6, 6.07) is 19.1. The topological polar surface area (TPSA) is 41.1 Å². The Morgan fingerprint density at radius 3 is 1.94 bits per heavy atom. The van der Waals surface area contributed by atoms with Crippen molar-refractivity contribution in [3.05, 3.63) is 60.7 Å². The Bertz CT molecular complexity index is 468. The zero-order valence-electron chi connectivity index (χ0n) is 9.39. The summed E-state index contributed by atoms with van der Waals surface area (Å²) >= 11 is 0. The van der Waals surface area contributed by atoms with Crippen molar-refractivity contribution in [2.24, 2.45) is 0 Å². The normalized spacial score (nSPS) is 9.65. The maximum Gasteiger partial charge on any atom is 0.243 e. The Hall–Kier alpha value is -2.29. The number of rotatable bonds is 4. The van der Waals surface area contributed by atoms with E-state index in [1.807, 2.05) is 60.7 Å². The molecule has 0 aromatic heterocycles. The molecule has 0 saturated carbocycles. The van der Waals surface area contributed by atoms with Gasteiger partial charge < -0.3 is 10.6 Å². The molecule has 0 spiro atoms. The van der Waals surface area contributed by atoms with Gasteiger partial charge in [0.15, 0.2) is 0 Å². The van der Waals surface area contributed by atoms with Crippen molar-refractivity contribution in [2.75, 3.05) is 17.2 Å². The second-order valence-electron chi connectivity index (χ2n) is 3.63. The number of benzene rings is 2. The number of para-hydroxylation sites is 2. The first-order valence-electron chi connectivity index (χ1n) is 5.48. The molecule has 2 N–H and O–H groups in total. The first-order valence-corrected chi connectivity index (χ1v) is 5.48. The smallest absolute Gasteiger partial charge is 0.243 e. The predicted molar refractivity (Wildman–Crippen MR) is 70.0 cm³/mol. The second-order valence-corrected chi connectivity index (χ2v) is 3.63. The number of hydrogen-bond acceptors (Lipinski definition) is 2. The van der Waals surface area contributed by atoms with Crippen molar-refractivity contribution in [1.82, 2.24) is 0 Å². The number of carbonyl (C=O) groups is 1. The summed E-state index contributed by atoms with van der Waals surface area (Å²) in [7, 11) is 0. The average Bonchev–Trinajstić information content (AvgIpc) is 2.39. The first kappa shape index (κ1) is 11.2. The van der Waals surface area contributed by atoms with E-state index in [1.165, 1.54) is 0 Å². The zero-order chi connectivity index (χ0) is 11.9. The van der Waals surface area contributed by atoms with Crippen molar-refractivity contribution in [2.45, 2.75) is 0 Å². The summed E-state index contributed by atoms with van der Waals surface area (Å²) in [5.74, 6) is -0.0555. The molecular weight excluding hydrogens is 212 g/mol. The van der Waals surface area contributed by atoms with Crippen LogP contribution in [-0.2, 0) is 4.79 Å². The van der Waals surface area contributed by atoms with Crippen LogP contribution >= 0.6 is 0 Å². The molecule has 0 aliphatic carbocycles. The molecule has 0 aliphatic heterocycles. The van der Waals surface area contributed by atoms with Gasteiger partial charge in [-0.05, 0) is 24.3 Å². The summed E-state index contributed by atoms with van der Waals surface area (Å²) in [6.07, 6.45) is 0. The quantitative estimate of drug-likeness (QED) is 0.841. The highest BCUT2D eigenvalue weighted by Gasteiger charge is 2.00. The summed E-state index contributed by atoms with van der Waals surface area (Å²) in [4.78, 5) is 11.6. The molecule has 86 valence electrons. The van der Waals surface area contributed by atoms with Gasteiger partial charge in [-0.25, -0.2) is 0 Å². The molecule has 3 heteroatoms. The predicted octanol–water partition coefficient (Wildman–Crippen LogP) is 2.74. The molecule has 2 aromatic rings. The minimum atomic E-state index is -0.0555. The van der Waals surface area contributed by atoms with Crippen LogP contribution < -0.4 is 10.6 Å². The van der Waals surface area contributed by atoms with Crippen LogP contribution in [-0.4, -0.2) is 12.5 Å². The summed E-state index contributed by atoms with van der Waals surface area (Å²) in [5, 5.41) is 5.86. The van der Waals surface area contributed by atoms with Crippen LogP contribution in [0.15, 0.2) is 60.7 Å². The van der Waals surface area contributed by atoms with Gasteiger partial charge in [0.05, 0.1) is 6.54 Å². The maximum atomic E-state index is 11.6. The van der Waals surface area contributed by atoms with E-state index in [-0.39, 0.29) is 12.5 Å². The third kappa shape index (κ3) is 3.65. The van der Waals surface area contributed by atoms with Crippen LogP contribution in [0.1, 0.15) is 0 Å². The van der Waals surface area contributed by atoms with Crippen LogP contribution in [0, 0.1) is 0 Å². The van der Waals surface area contributed by atoms with Gasteiger partial charge in [-0.15, -0.1) is 0 Å². The molecule has 0 fully saturated rings. The molecule has 0 aliphatic rings. The Labute approximate surface area is 100 Å². The van der Waals surface area contributed by atoms with Crippen LogP contribution in [0.4, 0.5) is 11.4 Å². The molecule has 0 unspecified atom stereocenters. The van der Waals surface area contributed by atoms with E-state index in [4.69, 9.17) is 0 Å². The minimum absolute atomic E-state index is 0.0555. The minimum Gasteiger partial charge on any atom is -0.376 e. The first-order chi connectivity index (χ1) is 8.34. The van der Waals surface area contributed by atoms with Crippen molar-refractivity contribution in [3.63, 3.8) is 0 Å². The third-order valence-corrected chi connectivity index (χ3v) is 2.28. The van der Waals surface area contributed by atoms with Crippen molar-refractivity contribution in [3.8, 4) is 0 Å². The van der Waals surface area contributed by atoms with Gasteiger partial charge in [0.25, 0.3) is 0 Å². The van der Waals surface area contributed by atoms with E-state index in [2.05, 4.69) is 10.6 Å². The van der Waals surface area contributed by atoms with Gasteiger partial charge in [-0.2, -0.15) is 0 Å². The highest BCUT2D eigenvalue weighted by atomic mass is 16.1. The monoisotopic (exact) mass is 226 g/mol. The molecule has 0 bridgehead atoms. The van der Waals surface area contributed by atoms with Gasteiger partial charge in [0.2, 0.25) is 5.91 Å². The fraction of sp³-hybridized carbons (Fsp3) is 0.0714. The van der Waals surface area contributed by atoms with E-state index >= 15 is 0 Å². The molecule has 1 amide bonds. The summed E-state index contributed by atoms with van der Waals surface area (Å²) in [6.45, 7) is 0.263.